The highest BCUT2D eigenvalue weighted by molar-refractivity contribution is 5.93. The Bertz CT molecular complexity index is 1170. The summed E-state index contributed by atoms with van der Waals surface area (Å²) in [6.45, 7) is 6.37. The fraction of sp³-hybridized carbons (Fsp3) is 0.567. The Morgan fingerprint density at radius 1 is 1.05 bits per heavy atom. The van der Waals surface area contributed by atoms with Crippen LogP contribution in [0, 0.1) is 17.8 Å². The molecule has 1 aliphatic heterocycles. The monoisotopic (exact) mass is 502 g/mol. The van der Waals surface area contributed by atoms with Crippen LogP contribution in [0.3, 0.4) is 0 Å². The molecule has 0 radical (unpaired) electrons. The quantitative estimate of drug-likeness (QED) is 0.628. The van der Waals surface area contributed by atoms with Gasteiger partial charge in [0.25, 0.3) is 5.91 Å². The molecule has 7 nitrogen and oxygen atoms in total. The number of rotatable bonds is 6. The third-order valence-corrected chi connectivity index (χ3v) is 9.18. The van der Waals surface area contributed by atoms with Gasteiger partial charge < -0.3 is 20.2 Å². The average Bonchev–Trinajstić information content (AvgIpc) is 2.85. The van der Waals surface area contributed by atoms with Crippen molar-refractivity contribution in [2.24, 2.45) is 17.8 Å². The number of hydrogen-bond acceptors (Lipinski definition) is 6. The predicted octanol–water partition coefficient (Wildman–Crippen LogP) is 3.60. The molecule has 2 N–H and O–H groups in total. The van der Waals surface area contributed by atoms with Crippen molar-refractivity contribution < 1.29 is 14.7 Å². The zero-order valence-electron chi connectivity index (χ0n) is 21.9. The molecular formula is C30H38N4O3. The number of aromatic nitrogens is 1. The SMILES string of the molecule is CC(=O)Cc1ccc(N2CCN(c3cccc(C(=O)NC4C5CC6CC4CC(O)(C6)C5)n3)[C@H](C)C2)cc1. The van der Waals surface area contributed by atoms with Gasteiger partial charge in [-0.2, -0.15) is 0 Å². The maximum absolute atomic E-state index is 13.3. The van der Waals surface area contributed by atoms with E-state index in [0.29, 0.717) is 29.9 Å². The molecule has 1 amide bonds. The highest BCUT2D eigenvalue weighted by Gasteiger charge is 2.55. The Labute approximate surface area is 219 Å². The van der Waals surface area contributed by atoms with Crippen LogP contribution in [-0.4, -0.2) is 59.1 Å². The van der Waals surface area contributed by atoms with Crippen LogP contribution >= 0.6 is 0 Å². The molecule has 7 rings (SSSR count). The van der Waals surface area contributed by atoms with Gasteiger partial charge >= 0.3 is 0 Å². The number of piperazine rings is 1. The average molecular weight is 503 g/mol. The van der Waals surface area contributed by atoms with Crippen LogP contribution in [0.1, 0.15) is 62.0 Å². The number of amides is 1. The molecule has 5 fully saturated rings. The summed E-state index contributed by atoms with van der Waals surface area (Å²) < 4.78 is 0. The first-order chi connectivity index (χ1) is 17.8. The molecule has 4 saturated carbocycles. The van der Waals surface area contributed by atoms with E-state index in [9.17, 15) is 14.7 Å². The second kappa shape index (κ2) is 9.43. The predicted molar refractivity (Wildman–Crippen MR) is 144 cm³/mol. The highest BCUT2D eigenvalue weighted by atomic mass is 16.3. The van der Waals surface area contributed by atoms with Crippen molar-refractivity contribution >= 4 is 23.2 Å². The molecule has 1 saturated heterocycles. The number of ketones is 1. The van der Waals surface area contributed by atoms with Gasteiger partial charge in [-0.25, -0.2) is 4.98 Å². The van der Waals surface area contributed by atoms with Gasteiger partial charge in [0.15, 0.2) is 0 Å². The van der Waals surface area contributed by atoms with Crippen molar-refractivity contribution in [2.75, 3.05) is 29.4 Å². The highest BCUT2D eigenvalue weighted by Crippen LogP contribution is 2.55. The molecule has 3 atom stereocenters. The van der Waals surface area contributed by atoms with E-state index in [2.05, 4.69) is 34.2 Å². The molecule has 2 unspecified atom stereocenters. The zero-order valence-corrected chi connectivity index (χ0v) is 21.9. The number of carbonyl (C=O) groups is 2. The zero-order chi connectivity index (χ0) is 25.7. The van der Waals surface area contributed by atoms with E-state index in [0.717, 1.165) is 63.1 Å². The largest absolute Gasteiger partial charge is 0.390 e. The maximum Gasteiger partial charge on any atom is 0.270 e. The number of hydrogen-bond donors (Lipinski definition) is 2. The van der Waals surface area contributed by atoms with Crippen LogP contribution in [0.4, 0.5) is 11.5 Å². The van der Waals surface area contributed by atoms with Gasteiger partial charge in [-0.05, 0) is 93.5 Å². The Kier molecular flexibility index (Phi) is 6.22. The minimum Gasteiger partial charge on any atom is -0.390 e. The van der Waals surface area contributed by atoms with E-state index in [1.165, 1.54) is 5.69 Å². The Hall–Kier alpha value is -2.93. The second-order valence-electron chi connectivity index (χ2n) is 12.1. The van der Waals surface area contributed by atoms with Gasteiger partial charge in [-0.15, -0.1) is 0 Å². The summed E-state index contributed by atoms with van der Waals surface area (Å²) >= 11 is 0. The molecular weight excluding hydrogens is 464 g/mol. The molecule has 5 aliphatic rings. The van der Waals surface area contributed by atoms with E-state index >= 15 is 0 Å². The first-order valence-electron chi connectivity index (χ1n) is 13.9. The van der Waals surface area contributed by atoms with E-state index in [1.807, 2.05) is 30.3 Å². The summed E-state index contributed by atoms with van der Waals surface area (Å²) in [6, 6.07) is 14.4. The fourth-order valence-electron chi connectivity index (χ4n) is 7.80. The molecule has 1 aromatic carbocycles. The van der Waals surface area contributed by atoms with Crippen molar-refractivity contribution in [3.63, 3.8) is 0 Å². The smallest absolute Gasteiger partial charge is 0.270 e. The number of pyridine rings is 1. The maximum atomic E-state index is 13.3. The molecule has 0 spiro atoms. The molecule has 2 aromatic rings. The second-order valence-corrected chi connectivity index (χ2v) is 12.1. The lowest BCUT2D eigenvalue weighted by Crippen LogP contribution is -2.61. The van der Waals surface area contributed by atoms with Crippen molar-refractivity contribution in [3.8, 4) is 0 Å². The standard InChI is InChI=1S/C30H38N4O3/c1-19-18-33(25-8-6-21(7-9-25)12-20(2)35)10-11-34(19)27-5-3-4-26(31-27)29(36)32-28-23-13-22-14-24(28)17-30(37,15-22)16-23/h3-9,19,22-24,28,37H,10-18H2,1-2H3,(H,32,36)/t19-,22?,23?,24?,28?,30?/m1/s1. The van der Waals surface area contributed by atoms with E-state index in [-0.39, 0.29) is 23.8 Å². The number of benzene rings is 1. The number of nitrogens with zero attached hydrogens (tertiary/aromatic N) is 3. The van der Waals surface area contributed by atoms with Crippen LogP contribution in [0.15, 0.2) is 42.5 Å². The normalized spacial score (nSPS) is 32.5. The lowest BCUT2D eigenvalue weighted by Gasteiger charge is -2.58. The molecule has 2 heterocycles. The molecule has 37 heavy (non-hydrogen) atoms. The summed E-state index contributed by atoms with van der Waals surface area (Å²) in [6.07, 6.45) is 5.31. The van der Waals surface area contributed by atoms with Crippen LogP contribution in [0.5, 0.6) is 0 Å². The van der Waals surface area contributed by atoms with Crippen molar-refractivity contribution in [2.45, 2.75) is 70.1 Å². The number of carbonyl (C=O) groups excluding carboxylic acids is 2. The molecule has 7 heteroatoms. The topological polar surface area (TPSA) is 85.8 Å². The van der Waals surface area contributed by atoms with E-state index in [4.69, 9.17) is 4.98 Å². The summed E-state index contributed by atoms with van der Waals surface area (Å²) in [5.41, 5.74) is 2.19. The van der Waals surface area contributed by atoms with Crippen molar-refractivity contribution in [3.05, 3.63) is 53.7 Å². The lowest BCUT2D eigenvalue weighted by atomic mass is 9.52. The van der Waals surface area contributed by atoms with Crippen molar-refractivity contribution in [1.82, 2.24) is 10.3 Å². The summed E-state index contributed by atoms with van der Waals surface area (Å²) in [7, 11) is 0. The summed E-state index contributed by atoms with van der Waals surface area (Å²) in [5, 5.41) is 14.2. The van der Waals surface area contributed by atoms with Gasteiger partial charge in [-0.1, -0.05) is 18.2 Å². The van der Waals surface area contributed by atoms with Gasteiger partial charge in [0, 0.05) is 43.8 Å². The molecule has 196 valence electrons. The third-order valence-electron chi connectivity index (χ3n) is 9.18. The van der Waals surface area contributed by atoms with Crippen LogP contribution in [-0.2, 0) is 11.2 Å². The number of aliphatic hydroxyl groups is 1. The molecule has 1 aromatic heterocycles. The number of nitrogens with one attached hydrogen (secondary N) is 1. The third kappa shape index (κ3) is 4.86. The van der Waals surface area contributed by atoms with Gasteiger partial charge in [0.1, 0.15) is 17.3 Å². The minimum atomic E-state index is -0.495. The Balaban J connectivity index is 1.10. The van der Waals surface area contributed by atoms with Crippen molar-refractivity contribution in [1.29, 1.82) is 0 Å². The van der Waals surface area contributed by atoms with Gasteiger partial charge in [0.2, 0.25) is 0 Å². The van der Waals surface area contributed by atoms with E-state index < -0.39 is 5.60 Å². The minimum absolute atomic E-state index is 0.0942. The van der Waals surface area contributed by atoms with E-state index in [1.54, 1.807) is 6.92 Å². The summed E-state index contributed by atoms with van der Waals surface area (Å²) in [5.74, 6) is 2.31. The van der Waals surface area contributed by atoms with Gasteiger partial charge in [0.05, 0.1) is 5.60 Å². The number of anilines is 2. The van der Waals surface area contributed by atoms with Crippen LogP contribution in [0.2, 0.25) is 0 Å². The first-order valence-corrected chi connectivity index (χ1v) is 13.9. The number of Topliss-reactive ketones (excluding diaryl/α,β-unsaturated/α-hetero) is 1. The van der Waals surface area contributed by atoms with Crippen LogP contribution < -0.4 is 15.1 Å². The molecule has 4 aliphatic carbocycles. The lowest BCUT2D eigenvalue weighted by molar-refractivity contribution is -0.137. The van der Waals surface area contributed by atoms with Crippen LogP contribution in [0.25, 0.3) is 0 Å². The fourth-order valence-corrected chi connectivity index (χ4v) is 7.80. The Morgan fingerprint density at radius 2 is 1.78 bits per heavy atom. The molecule has 4 bridgehead atoms. The first kappa shape index (κ1) is 24.4. The summed E-state index contributed by atoms with van der Waals surface area (Å²) in [4.78, 5) is 34.1. The Morgan fingerprint density at radius 3 is 2.43 bits per heavy atom. The van der Waals surface area contributed by atoms with Gasteiger partial charge in [-0.3, -0.25) is 9.59 Å².